The van der Waals surface area contributed by atoms with Crippen LogP contribution in [0.4, 0.5) is 0 Å². The van der Waals surface area contributed by atoms with Gasteiger partial charge in [-0.05, 0) is 43.7 Å². The zero-order chi connectivity index (χ0) is 12.1. The molecule has 0 aromatic carbocycles. The summed E-state index contributed by atoms with van der Waals surface area (Å²) in [6.45, 7) is 3.40. The van der Waals surface area contributed by atoms with Crippen LogP contribution < -0.4 is 5.32 Å². The average Bonchev–Trinajstić information content (AvgIpc) is 2.63. The quantitative estimate of drug-likeness (QED) is 0.813. The topological polar surface area (TPSA) is 29.9 Å². The van der Waals surface area contributed by atoms with Crippen LogP contribution >= 0.6 is 0 Å². The molecule has 0 amide bonds. The van der Waals surface area contributed by atoms with E-state index in [-0.39, 0.29) is 0 Å². The van der Waals surface area contributed by atoms with Crippen molar-refractivity contribution in [3.8, 4) is 0 Å². The Morgan fingerprint density at radius 3 is 2.94 bits per heavy atom. The van der Waals surface area contributed by atoms with E-state index in [9.17, 15) is 0 Å². The third kappa shape index (κ3) is 3.56. The van der Waals surface area contributed by atoms with Gasteiger partial charge in [0.25, 0.3) is 0 Å². The lowest BCUT2D eigenvalue weighted by Gasteiger charge is -2.20. The molecule has 96 valence electrons. The predicted molar refractivity (Wildman–Crippen MR) is 71.1 cm³/mol. The number of nitrogens with one attached hydrogen (secondary N) is 1. The fraction of sp³-hybridized carbons (Fsp3) is 0.786. The summed E-state index contributed by atoms with van der Waals surface area (Å²) in [7, 11) is 2.01. The molecule has 0 radical (unpaired) electrons. The first-order valence-corrected chi connectivity index (χ1v) is 7.01. The number of hydrogen-bond acceptors (Lipinski definition) is 2. The second-order valence-electron chi connectivity index (χ2n) is 5.32. The molecule has 0 aliphatic heterocycles. The standard InChI is InChI=1S/C14H25N3/c1-3-8-15-14-7-5-4-6-12(9-14)13-10-16-17(2)11-13/h10-12,14-15H,3-9H2,1-2H3. The summed E-state index contributed by atoms with van der Waals surface area (Å²) in [5, 5.41) is 8.00. The number of nitrogens with zero attached hydrogens (tertiary/aromatic N) is 2. The molecule has 2 atom stereocenters. The molecule has 0 bridgehead atoms. The molecule has 1 aliphatic rings. The highest BCUT2D eigenvalue weighted by Crippen LogP contribution is 2.31. The van der Waals surface area contributed by atoms with Crippen LogP contribution in [-0.4, -0.2) is 22.4 Å². The first-order chi connectivity index (χ1) is 8.29. The Labute approximate surface area is 105 Å². The van der Waals surface area contributed by atoms with Gasteiger partial charge in [-0.3, -0.25) is 4.68 Å². The van der Waals surface area contributed by atoms with E-state index in [0.29, 0.717) is 12.0 Å². The van der Waals surface area contributed by atoms with Crippen LogP contribution in [0.25, 0.3) is 0 Å². The molecular formula is C14H25N3. The van der Waals surface area contributed by atoms with Gasteiger partial charge in [-0.1, -0.05) is 19.8 Å². The highest BCUT2D eigenvalue weighted by molar-refractivity contribution is 5.12. The summed E-state index contributed by atoms with van der Waals surface area (Å²) in [5.74, 6) is 0.709. The molecule has 3 heteroatoms. The predicted octanol–water partition coefficient (Wildman–Crippen LogP) is 2.84. The Hall–Kier alpha value is -0.830. The summed E-state index contributed by atoms with van der Waals surface area (Å²) in [6, 6.07) is 0.711. The van der Waals surface area contributed by atoms with Crippen LogP contribution in [0.5, 0.6) is 0 Å². The van der Waals surface area contributed by atoms with Crippen LogP contribution in [0.15, 0.2) is 12.4 Å². The molecule has 0 spiro atoms. The van der Waals surface area contributed by atoms with E-state index in [1.165, 1.54) is 44.1 Å². The van der Waals surface area contributed by atoms with Gasteiger partial charge in [0.05, 0.1) is 6.20 Å². The van der Waals surface area contributed by atoms with Crippen molar-refractivity contribution in [3.63, 3.8) is 0 Å². The Kier molecular flexibility index (Phi) is 4.60. The second-order valence-corrected chi connectivity index (χ2v) is 5.32. The van der Waals surface area contributed by atoms with Crippen LogP contribution in [0.2, 0.25) is 0 Å². The van der Waals surface area contributed by atoms with E-state index in [1.807, 2.05) is 17.9 Å². The minimum Gasteiger partial charge on any atom is -0.314 e. The molecule has 1 N–H and O–H groups in total. The lowest BCUT2D eigenvalue weighted by molar-refractivity contribution is 0.439. The maximum atomic E-state index is 4.31. The maximum Gasteiger partial charge on any atom is 0.0524 e. The van der Waals surface area contributed by atoms with Crippen molar-refractivity contribution in [2.45, 2.75) is 57.4 Å². The maximum absolute atomic E-state index is 4.31. The smallest absolute Gasteiger partial charge is 0.0524 e. The van der Waals surface area contributed by atoms with Gasteiger partial charge < -0.3 is 5.32 Å². The minimum absolute atomic E-state index is 0.709. The fourth-order valence-electron chi connectivity index (χ4n) is 2.85. The molecule has 0 saturated heterocycles. The Morgan fingerprint density at radius 1 is 1.41 bits per heavy atom. The van der Waals surface area contributed by atoms with Crippen LogP contribution in [0, 0.1) is 0 Å². The molecule has 1 saturated carbocycles. The summed E-state index contributed by atoms with van der Waals surface area (Å²) >= 11 is 0. The van der Waals surface area contributed by atoms with Crippen molar-refractivity contribution in [1.82, 2.24) is 15.1 Å². The highest BCUT2D eigenvalue weighted by atomic mass is 15.2. The number of rotatable bonds is 4. The molecule has 1 heterocycles. The van der Waals surface area contributed by atoms with E-state index < -0.39 is 0 Å². The van der Waals surface area contributed by atoms with Gasteiger partial charge in [-0.25, -0.2) is 0 Å². The first kappa shape index (κ1) is 12.6. The zero-order valence-corrected chi connectivity index (χ0v) is 11.2. The van der Waals surface area contributed by atoms with E-state index in [0.717, 1.165) is 6.54 Å². The minimum atomic E-state index is 0.709. The summed E-state index contributed by atoms with van der Waals surface area (Å²) in [4.78, 5) is 0. The zero-order valence-electron chi connectivity index (χ0n) is 11.2. The van der Waals surface area contributed by atoms with Gasteiger partial charge >= 0.3 is 0 Å². The van der Waals surface area contributed by atoms with E-state index in [1.54, 1.807) is 0 Å². The van der Waals surface area contributed by atoms with Gasteiger partial charge in [0.15, 0.2) is 0 Å². The molecule has 1 fully saturated rings. The van der Waals surface area contributed by atoms with Crippen molar-refractivity contribution in [3.05, 3.63) is 18.0 Å². The van der Waals surface area contributed by atoms with Crippen LogP contribution in [-0.2, 0) is 7.05 Å². The summed E-state index contributed by atoms with van der Waals surface area (Å²) in [6.07, 6.45) is 12.2. The Balaban J connectivity index is 1.96. The first-order valence-electron chi connectivity index (χ1n) is 7.01. The van der Waals surface area contributed by atoms with Crippen molar-refractivity contribution < 1.29 is 0 Å². The van der Waals surface area contributed by atoms with Crippen molar-refractivity contribution in [1.29, 1.82) is 0 Å². The third-order valence-electron chi connectivity index (χ3n) is 3.80. The number of aryl methyl sites for hydroxylation is 1. The molecular weight excluding hydrogens is 210 g/mol. The Morgan fingerprint density at radius 2 is 2.24 bits per heavy atom. The highest BCUT2D eigenvalue weighted by Gasteiger charge is 2.21. The Bertz CT molecular complexity index is 332. The molecule has 3 nitrogen and oxygen atoms in total. The summed E-state index contributed by atoms with van der Waals surface area (Å²) in [5.41, 5.74) is 1.43. The third-order valence-corrected chi connectivity index (χ3v) is 3.80. The number of hydrogen-bond donors (Lipinski definition) is 1. The molecule has 2 rings (SSSR count). The van der Waals surface area contributed by atoms with E-state index in [2.05, 4.69) is 23.5 Å². The van der Waals surface area contributed by atoms with Gasteiger partial charge in [-0.2, -0.15) is 5.10 Å². The number of aromatic nitrogens is 2. The van der Waals surface area contributed by atoms with E-state index in [4.69, 9.17) is 0 Å². The fourth-order valence-corrected chi connectivity index (χ4v) is 2.85. The molecule has 17 heavy (non-hydrogen) atoms. The largest absolute Gasteiger partial charge is 0.314 e. The molecule has 1 aromatic heterocycles. The average molecular weight is 235 g/mol. The van der Waals surface area contributed by atoms with Crippen molar-refractivity contribution >= 4 is 0 Å². The van der Waals surface area contributed by atoms with Gasteiger partial charge in [0, 0.05) is 19.3 Å². The molecule has 1 aliphatic carbocycles. The monoisotopic (exact) mass is 235 g/mol. The summed E-state index contributed by atoms with van der Waals surface area (Å²) < 4.78 is 1.93. The SMILES string of the molecule is CCCNC1CCCCC(c2cnn(C)c2)C1. The van der Waals surface area contributed by atoms with Crippen molar-refractivity contribution in [2.24, 2.45) is 7.05 Å². The second kappa shape index (κ2) is 6.20. The van der Waals surface area contributed by atoms with Gasteiger partial charge in [0.1, 0.15) is 0 Å². The van der Waals surface area contributed by atoms with Gasteiger partial charge in [0.2, 0.25) is 0 Å². The molecule has 1 aromatic rings. The van der Waals surface area contributed by atoms with Gasteiger partial charge in [-0.15, -0.1) is 0 Å². The normalized spacial score (nSPS) is 25.8. The van der Waals surface area contributed by atoms with Crippen molar-refractivity contribution in [2.75, 3.05) is 6.54 Å². The lowest BCUT2D eigenvalue weighted by Crippen LogP contribution is -2.30. The lowest BCUT2D eigenvalue weighted by atomic mass is 9.92. The van der Waals surface area contributed by atoms with E-state index >= 15 is 0 Å². The van der Waals surface area contributed by atoms with Crippen LogP contribution in [0.3, 0.4) is 0 Å². The van der Waals surface area contributed by atoms with Crippen LogP contribution in [0.1, 0.15) is 56.9 Å². The molecule has 2 unspecified atom stereocenters.